The maximum atomic E-state index is 8.25. The molecule has 4 aromatic heterocycles. The van der Waals surface area contributed by atoms with Gasteiger partial charge in [-0.3, -0.25) is 0 Å². The summed E-state index contributed by atoms with van der Waals surface area (Å²) in [5.74, 6) is 0.659. The van der Waals surface area contributed by atoms with E-state index in [0.717, 1.165) is 14.2 Å². The molecule has 0 amide bonds. The zero-order valence-corrected chi connectivity index (χ0v) is 18.4. The quantitative estimate of drug-likeness (QED) is 0.148. The van der Waals surface area contributed by atoms with Gasteiger partial charge < -0.3 is 36.4 Å². The van der Waals surface area contributed by atoms with Crippen molar-refractivity contribution < 1.29 is 44.5 Å². The maximum absolute atomic E-state index is 8.25. The Balaban J connectivity index is 0.000000431. The molecule has 4 aromatic rings. The summed E-state index contributed by atoms with van der Waals surface area (Å²) in [7, 11) is 3.23. The van der Waals surface area contributed by atoms with E-state index in [1.807, 2.05) is 0 Å². The van der Waals surface area contributed by atoms with E-state index in [1.54, 1.807) is 0 Å². The van der Waals surface area contributed by atoms with Gasteiger partial charge in [-0.2, -0.15) is 27.0 Å². The molecular formula is C13H18ClN10NaO3. The molecule has 0 saturated heterocycles. The second-order valence-electron chi connectivity index (χ2n) is 4.18. The number of hydrogen-bond acceptors (Lipinski definition) is 11. The number of aromatic amines is 2. The van der Waals surface area contributed by atoms with Gasteiger partial charge >= 0.3 is 35.6 Å². The Kier molecular flexibility index (Phi) is 11.9. The molecule has 146 valence electrons. The Bertz CT molecular complexity index is 980. The van der Waals surface area contributed by atoms with E-state index in [9.17, 15) is 0 Å². The van der Waals surface area contributed by atoms with Gasteiger partial charge in [-0.05, 0) is 11.6 Å². The Labute approximate surface area is 186 Å². The molecular weight excluding hydrogens is 403 g/mol. The molecule has 15 heteroatoms. The van der Waals surface area contributed by atoms with Crippen LogP contribution in [-0.2, 0) is 0 Å². The molecule has 4 heterocycles. The number of imidazole rings is 2. The topological polar surface area (TPSA) is 213 Å². The summed E-state index contributed by atoms with van der Waals surface area (Å²) >= 11 is 5.52. The first-order valence-corrected chi connectivity index (χ1v) is 7.44. The SMILES string of the molecule is CO.COc1nc(N)c2[nH]cnc2n1.C[O-].Nc1nc(Cl)nc2nc[nH]c12.[Na+]. The molecule has 0 aliphatic rings. The number of rotatable bonds is 1. The Hall–Kier alpha value is -2.29. The van der Waals surface area contributed by atoms with E-state index >= 15 is 0 Å². The molecule has 0 aliphatic carbocycles. The standard InChI is InChI=1S/C6H7N5O.C5H4ClN5.CH4O.CH3O.Na/c1-12-6-10-4(7)3-5(11-6)9-2-8-3;6-5-10-3(7)2-4(11-5)9-1-8-2;2*1-2;/h2H,1H3,(H3,7,8,9,10,11);1H,(H3,7,8,9,10,11);2H,1H3;1H3;/q;;;-1;+1. The van der Waals surface area contributed by atoms with Crippen molar-refractivity contribution in [1.29, 1.82) is 0 Å². The number of H-pyrrole nitrogens is 2. The number of ether oxygens (including phenoxy) is 1. The first-order chi connectivity index (χ1) is 13.1. The molecule has 0 unspecified atom stereocenters. The van der Waals surface area contributed by atoms with E-state index in [2.05, 4.69) is 39.9 Å². The molecule has 0 atom stereocenters. The normalized spacial score (nSPS) is 9.07. The van der Waals surface area contributed by atoms with Crippen molar-refractivity contribution in [2.24, 2.45) is 0 Å². The molecule has 0 spiro atoms. The molecule has 13 nitrogen and oxygen atoms in total. The van der Waals surface area contributed by atoms with E-state index in [4.69, 9.17) is 38.0 Å². The summed E-state index contributed by atoms with van der Waals surface area (Å²) in [6.07, 6.45) is 3.00. The van der Waals surface area contributed by atoms with Crippen LogP contribution in [0.2, 0.25) is 5.28 Å². The van der Waals surface area contributed by atoms with Crippen LogP contribution in [0.15, 0.2) is 12.7 Å². The third-order valence-corrected chi connectivity index (χ3v) is 2.93. The zero-order valence-electron chi connectivity index (χ0n) is 15.6. The van der Waals surface area contributed by atoms with Crippen LogP contribution in [0.4, 0.5) is 11.6 Å². The van der Waals surface area contributed by atoms with Crippen LogP contribution in [0.3, 0.4) is 0 Å². The number of nitrogens with two attached hydrogens (primary N) is 2. The van der Waals surface area contributed by atoms with Crippen molar-refractivity contribution >= 4 is 45.6 Å². The molecule has 0 bridgehead atoms. The molecule has 4 rings (SSSR count). The summed E-state index contributed by atoms with van der Waals surface area (Å²) in [6.45, 7) is 0. The van der Waals surface area contributed by atoms with Gasteiger partial charge in [-0.15, -0.1) is 0 Å². The third kappa shape index (κ3) is 6.40. The number of aliphatic hydroxyl groups excluding tert-OH is 1. The molecule has 0 radical (unpaired) electrons. The van der Waals surface area contributed by atoms with Crippen LogP contribution >= 0.6 is 11.6 Å². The first kappa shape index (κ1) is 25.7. The predicted molar refractivity (Wildman–Crippen MR) is 97.8 cm³/mol. The summed E-state index contributed by atoms with van der Waals surface area (Å²) in [6, 6.07) is 0.229. The van der Waals surface area contributed by atoms with Gasteiger partial charge in [0.05, 0.1) is 19.8 Å². The van der Waals surface area contributed by atoms with Gasteiger partial charge in [-0.1, -0.05) is 0 Å². The summed E-state index contributed by atoms with van der Waals surface area (Å²) in [4.78, 5) is 28.8. The number of fused-ring (bicyclic) bond motifs is 2. The van der Waals surface area contributed by atoms with Crippen molar-refractivity contribution in [3.63, 3.8) is 0 Å². The number of anilines is 2. The molecule has 7 N–H and O–H groups in total. The Morgan fingerprint density at radius 1 is 0.929 bits per heavy atom. The van der Waals surface area contributed by atoms with E-state index in [0.29, 0.717) is 34.0 Å². The fourth-order valence-electron chi connectivity index (χ4n) is 1.75. The second-order valence-corrected chi connectivity index (χ2v) is 4.51. The molecule has 28 heavy (non-hydrogen) atoms. The van der Waals surface area contributed by atoms with Gasteiger partial charge in [-0.25, -0.2) is 9.97 Å². The summed E-state index contributed by atoms with van der Waals surface area (Å²) < 4.78 is 4.82. The van der Waals surface area contributed by atoms with Crippen LogP contribution in [0.25, 0.3) is 22.3 Å². The largest absolute Gasteiger partial charge is 1.00 e. The average molecular weight is 421 g/mol. The summed E-state index contributed by atoms with van der Waals surface area (Å²) in [5.41, 5.74) is 13.3. The smallest absolute Gasteiger partial charge is 0.857 e. The van der Waals surface area contributed by atoms with E-state index in [1.165, 1.54) is 19.8 Å². The van der Waals surface area contributed by atoms with Gasteiger partial charge in [0.2, 0.25) is 5.28 Å². The average Bonchev–Trinajstić information content (AvgIpc) is 3.35. The molecule has 0 aliphatic heterocycles. The Morgan fingerprint density at radius 2 is 1.39 bits per heavy atom. The summed E-state index contributed by atoms with van der Waals surface area (Å²) in [5, 5.41) is 15.4. The van der Waals surface area contributed by atoms with Crippen molar-refractivity contribution in [2.45, 2.75) is 0 Å². The minimum absolute atomic E-state index is 0. The van der Waals surface area contributed by atoms with Gasteiger partial charge in [0.25, 0.3) is 0 Å². The van der Waals surface area contributed by atoms with Crippen molar-refractivity contribution in [3.05, 3.63) is 17.9 Å². The van der Waals surface area contributed by atoms with E-state index < -0.39 is 0 Å². The molecule has 0 saturated carbocycles. The second kappa shape index (κ2) is 13.0. The number of nitrogens with zero attached hydrogens (tertiary/aromatic N) is 6. The monoisotopic (exact) mass is 420 g/mol. The van der Waals surface area contributed by atoms with Gasteiger partial charge in [0.1, 0.15) is 11.0 Å². The number of aromatic nitrogens is 8. The fraction of sp³-hybridized carbons (Fsp3) is 0.231. The predicted octanol–water partition coefficient (Wildman–Crippen LogP) is -3.88. The number of halogens is 1. The third-order valence-electron chi connectivity index (χ3n) is 2.76. The molecule has 0 fully saturated rings. The molecule has 0 aromatic carbocycles. The van der Waals surface area contributed by atoms with Crippen LogP contribution in [0.1, 0.15) is 0 Å². The number of nitrogen functional groups attached to an aromatic ring is 2. The Morgan fingerprint density at radius 3 is 1.89 bits per heavy atom. The maximum Gasteiger partial charge on any atom is 1.00 e. The number of aliphatic hydroxyl groups is 1. The van der Waals surface area contributed by atoms with Crippen molar-refractivity contribution in [2.75, 3.05) is 32.8 Å². The number of hydrogen-bond donors (Lipinski definition) is 5. The number of nitrogens with one attached hydrogen (secondary N) is 2. The minimum Gasteiger partial charge on any atom is -0.857 e. The van der Waals surface area contributed by atoms with Crippen molar-refractivity contribution in [1.82, 2.24) is 39.9 Å². The minimum atomic E-state index is 0. The van der Waals surface area contributed by atoms with E-state index in [-0.39, 0.29) is 40.9 Å². The first-order valence-electron chi connectivity index (χ1n) is 7.06. The van der Waals surface area contributed by atoms with Gasteiger partial charge in [0, 0.05) is 7.11 Å². The van der Waals surface area contributed by atoms with Crippen molar-refractivity contribution in [3.8, 4) is 6.01 Å². The zero-order chi connectivity index (χ0) is 20.4. The van der Waals surface area contributed by atoms with Crippen LogP contribution in [0.5, 0.6) is 6.01 Å². The van der Waals surface area contributed by atoms with Crippen LogP contribution < -0.4 is 50.9 Å². The van der Waals surface area contributed by atoms with Gasteiger partial charge in [0.15, 0.2) is 22.9 Å². The fourth-order valence-corrected chi connectivity index (χ4v) is 1.93. The number of methoxy groups -OCH3 is 1. The van der Waals surface area contributed by atoms with Crippen LogP contribution in [-0.4, -0.2) is 66.3 Å². The van der Waals surface area contributed by atoms with Crippen LogP contribution in [0, 0.1) is 0 Å².